The molecule has 2 aromatic rings. The number of nitrogen functional groups attached to an aromatic ring is 1. The molecular weight excluding hydrogens is 383 g/mol. The van der Waals surface area contributed by atoms with Crippen molar-refractivity contribution in [3.63, 3.8) is 0 Å². The molecular formula is C14H15IN4O2. The van der Waals surface area contributed by atoms with Crippen LogP contribution in [0.1, 0.15) is 12.2 Å². The van der Waals surface area contributed by atoms with E-state index in [9.17, 15) is 9.59 Å². The second kappa shape index (κ2) is 6.70. The molecule has 1 aromatic heterocycles. The van der Waals surface area contributed by atoms with Gasteiger partial charge in [0.05, 0.1) is 3.57 Å². The minimum atomic E-state index is -0.162. The van der Waals surface area contributed by atoms with Crippen molar-refractivity contribution in [2.24, 2.45) is 0 Å². The maximum Gasteiger partial charge on any atom is 0.266 e. The highest BCUT2D eigenvalue weighted by Gasteiger charge is 2.08. The van der Waals surface area contributed by atoms with Crippen molar-refractivity contribution in [1.29, 1.82) is 0 Å². The summed E-state index contributed by atoms with van der Waals surface area (Å²) in [5.41, 5.74) is 6.78. The summed E-state index contributed by atoms with van der Waals surface area (Å²) in [6.45, 7) is 2.05. The molecule has 0 saturated heterocycles. The standard InChI is InChI=1S/C14H15IN4O2/c1-9-17-8-12(15)14(21)19(9)7-6-13(20)18-11-4-2-10(16)3-5-11/h2-5,8H,6-7,16H2,1H3,(H,18,20). The second-order valence-electron chi connectivity index (χ2n) is 4.53. The first-order valence-electron chi connectivity index (χ1n) is 6.34. The van der Waals surface area contributed by atoms with Gasteiger partial charge < -0.3 is 11.1 Å². The topological polar surface area (TPSA) is 90.0 Å². The van der Waals surface area contributed by atoms with Gasteiger partial charge in [-0.2, -0.15) is 0 Å². The Morgan fingerprint density at radius 2 is 2.05 bits per heavy atom. The Bertz CT molecular complexity index is 710. The maximum absolute atomic E-state index is 12.0. The molecule has 1 aromatic carbocycles. The number of aromatic nitrogens is 2. The molecule has 1 heterocycles. The number of amides is 1. The van der Waals surface area contributed by atoms with E-state index in [2.05, 4.69) is 10.3 Å². The van der Waals surface area contributed by atoms with Gasteiger partial charge in [0.2, 0.25) is 5.91 Å². The Morgan fingerprint density at radius 1 is 1.38 bits per heavy atom. The Balaban J connectivity index is 2.00. The van der Waals surface area contributed by atoms with Crippen molar-refractivity contribution in [1.82, 2.24) is 9.55 Å². The number of halogens is 1. The monoisotopic (exact) mass is 398 g/mol. The highest BCUT2D eigenvalue weighted by Crippen LogP contribution is 2.10. The second-order valence-corrected chi connectivity index (χ2v) is 5.69. The van der Waals surface area contributed by atoms with Crippen LogP contribution in [0.5, 0.6) is 0 Å². The largest absolute Gasteiger partial charge is 0.399 e. The van der Waals surface area contributed by atoms with Gasteiger partial charge in [0.15, 0.2) is 0 Å². The summed E-state index contributed by atoms with van der Waals surface area (Å²) in [6.07, 6.45) is 1.73. The van der Waals surface area contributed by atoms with Crippen LogP contribution in [0.2, 0.25) is 0 Å². The number of benzene rings is 1. The van der Waals surface area contributed by atoms with Gasteiger partial charge >= 0.3 is 0 Å². The molecule has 0 bridgehead atoms. The number of hydrogen-bond acceptors (Lipinski definition) is 4. The van der Waals surface area contributed by atoms with E-state index in [1.165, 1.54) is 10.8 Å². The lowest BCUT2D eigenvalue weighted by atomic mass is 10.2. The number of nitrogens with zero attached hydrogens (tertiary/aromatic N) is 2. The van der Waals surface area contributed by atoms with Gasteiger partial charge in [-0.15, -0.1) is 0 Å². The molecule has 6 nitrogen and oxygen atoms in total. The zero-order chi connectivity index (χ0) is 15.4. The Hall–Kier alpha value is -1.90. The number of nitrogens with two attached hydrogens (primary N) is 1. The number of aryl methyl sites for hydroxylation is 1. The zero-order valence-corrected chi connectivity index (χ0v) is 13.6. The fourth-order valence-corrected chi connectivity index (χ4v) is 2.25. The molecule has 3 N–H and O–H groups in total. The van der Waals surface area contributed by atoms with Crippen LogP contribution < -0.4 is 16.6 Å². The molecule has 0 aliphatic carbocycles. The molecule has 0 saturated carbocycles. The summed E-state index contributed by atoms with van der Waals surface area (Å²) < 4.78 is 2.04. The van der Waals surface area contributed by atoms with Crippen molar-refractivity contribution in [3.05, 3.63) is 50.2 Å². The molecule has 0 atom stereocenters. The van der Waals surface area contributed by atoms with Crippen LogP contribution in [0.4, 0.5) is 11.4 Å². The molecule has 0 aliphatic heterocycles. The summed E-state index contributed by atoms with van der Waals surface area (Å²) in [4.78, 5) is 28.0. The first-order valence-corrected chi connectivity index (χ1v) is 7.42. The van der Waals surface area contributed by atoms with Crippen molar-refractivity contribution >= 4 is 39.9 Å². The van der Waals surface area contributed by atoms with Crippen molar-refractivity contribution in [3.8, 4) is 0 Å². The minimum absolute atomic E-state index is 0.122. The predicted molar refractivity (Wildman–Crippen MR) is 90.1 cm³/mol. The molecule has 2 rings (SSSR count). The van der Waals surface area contributed by atoms with Crippen LogP contribution in [0.15, 0.2) is 35.3 Å². The average Bonchev–Trinajstić information content (AvgIpc) is 2.45. The highest BCUT2D eigenvalue weighted by atomic mass is 127. The normalized spacial score (nSPS) is 10.4. The van der Waals surface area contributed by atoms with Gasteiger partial charge in [0.1, 0.15) is 5.82 Å². The lowest BCUT2D eigenvalue weighted by molar-refractivity contribution is -0.116. The Kier molecular flexibility index (Phi) is 4.94. The van der Waals surface area contributed by atoms with Crippen LogP contribution in [-0.4, -0.2) is 15.5 Å². The molecule has 0 radical (unpaired) electrons. The summed E-state index contributed by atoms with van der Waals surface area (Å²) in [6, 6.07) is 6.90. The molecule has 0 unspecified atom stereocenters. The first kappa shape index (κ1) is 15.5. The van der Waals surface area contributed by atoms with Gasteiger partial charge in [0, 0.05) is 30.5 Å². The van der Waals surface area contributed by atoms with Gasteiger partial charge in [-0.3, -0.25) is 14.2 Å². The summed E-state index contributed by atoms with van der Waals surface area (Å²) in [5, 5.41) is 2.76. The highest BCUT2D eigenvalue weighted by molar-refractivity contribution is 14.1. The molecule has 110 valence electrons. The van der Waals surface area contributed by atoms with E-state index in [0.717, 1.165) is 0 Å². The third-order valence-electron chi connectivity index (χ3n) is 2.96. The van der Waals surface area contributed by atoms with E-state index < -0.39 is 0 Å². The molecule has 0 spiro atoms. The van der Waals surface area contributed by atoms with Gasteiger partial charge in [-0.05, 0) is 53.8 Å². The van der Waals surface area contributed by atoms with Crippen LogP contribution in [-0.2, 0) is 11.3 Å². The fourth-order valence-electron chi connectivity index (χ4n) is 1.82. The number of carbonyl (C=O) groups is 1. The third kappa shape index (κ3) is 4.03. The number of anilines is 2. The quantitative estimate of drug-likeness (QED) is 0.607. The van der Waals surface area contributed by atoms with E-state index in [0.29, 0.717) is 27.3 Å². The number of carbonyl (C=O) groups excluding carboxylic acids is 1. The predicted octanol–water partition coefficient (Wildman–Crippen LogP) is 1.77. The van der Waals surface area contributed by atoms with E-state index in [-0.39, 0.29) is 17.9 Å². The minimum Gasteiger partial charge on any atom is -0.399 e. The molecule has 0 fully saturated rings. The average molecular weight is 398 g/mol. The van der Waals surface area contributed by atoms with Crippen LogP contribution in [0.25, 0.3) is 0 Å². The lowest BCUT2D eigenvalue weighted by Gasteiger charge is -2.10. The summed E-state index contributed by atoms with van der Waals surface area (Å²) >= 11 is 1.94. The SMILES string of the molecule is Cc1ncc(I)c(=O)n1CCC(=O)Nc1ccc(N)cc1. The van der Waals surface area contributed by atoms with Crippen molar-refractivity contribution in [2.75, 3.05) is 11.1 Å². The van der Waals surface area contributed by atoms with Crippen LogP contribution in [0, 0.1) is 10.5 Å². The van der Waals surface area contributed by atoms with E-state index in [4.69, 9.17) is 5.73 Å². The molecule has 1 amide bonds. The van der Waals surface area contributed by atoms with E-state index >= 15 is 0 Å². The molecule has 21 heavy (non-hydrogen) atoms. The van der Waals surface area contributed by atoms with E-state index in [1.54, 1.807) is 31.2 Å². The number of rotatable bonds is 4. The summed E-state index contributed by atoms with van der Waals surface area (Å²) in [5.74, 6) is 0.436. The maximum atomic E-state index is 12.0. The van der Waals surface area contributed by atoms with Crippen molar-refractivity contribution in [2.45, 2.75) is 19.9 Å². The molecule has 7 heteroatoms. The van der Waals surface area contributed by atoms with Gasteiger partial charge in [0.25, 0.3) is 5.56 Å². The van der Waals surface area contributed by atoms with Crippen LogP contribution in [0.3, 0.4) is 0 Å². The Morgan fingerprint density at radius 3 is 2.71 bits per heavy atom. The molecule has 0 aliphatic rings. The van der Waals surface area contributed by atoms with E-state index in [1.807, 2.05) is 22.6 Å². The van der Waals surface area contributed by atoms with Crippen LogP contribution >= 0.6 is 22.6 Å². The smallest absolute Gasteiger partial charge is 0.266 e. The zero-order valence-electron chi connectivity index (χ0n) is 11.5. The number of nitrogens with one attached hydrogen (secondary N) is 1. The first-order chi connectivity index (χ1) is 9.97. The van der Waals surface area contributed by atoms with Crippen molar-refractivity contribution < 1.29 is 4.79 Å². The van der Waals surface area contributed by atoms with Gasteiger partial charge in [-0.1, -0.05) is 0 Å². The Labute approximate surface area is 135 Å². The fraction of sp³-hybridized carbons (Fsp3) is 0.214. The lowest BCUT2D eigenvalue weighted by Crippen LogP contribution is -2.27. The third-order valence-corrected chi connectivity index (χ3v) is 3.70. The van der Waals surface area contributed by atoms with Gasteiger partial charge in [-0.25, -0.2) is 4.98 Å². The number of hydrogen-bond donors (Lipinski definition) is 2. The summed E-state index contributed by atoms with van der Waals surface area (Å²) in [7, 11) is 0.